The molecule has 0 aromatic carbocycles. The predicted octanol–water partition coefficient (Wildman–Crippen LogP) is 6.63. The molecule has 6 unspecified atom stereocenters. The molecule has 8 aliphatic rings. The summed E-state index contributed by atoms with van der Waals surface area (Å²) in [5, 5.41) is 9.62. The van der Waals surface area contributed by atoms with Crippen LogP contribution in [-0.2, 0) is 4.84 Å². The summed E-state index contributed by atoms with van der Waals surface area (Å²) in [7, 11) is 0. The van der Waals surface area contributed by atoms with Crippen LogP contribution in [0.3, 0.4) is 0 Å². The van der Waals surface area contributed by atoms with Crippen LogP contribution in [0.4, 0.5) is 0 Å². The fourth-order valence-electron chi connectivity index (χ4n) is 7.89. The summed E-state index contributed by atoms with van der Waals surface area (Å²) in [5.41, 5.74) is 8.00. The largest absolute Gasteiger partial charge is 0.298 e. The molecule has 0 aromatic heterocycles. The first kappa shape index (κ1) is 25.4. The van der Waals surface area contributed by atoms with Gasteiger partial charge in [-0.3, -0.25) is 19.9 Å². The van der Waals surface area contributed by atoms with Gasteiger partial charge in [-0.25, -0.2) is 0 Å². The van der Waals surface area contributed by atoms with Crippen LogP contribution in [0, 0.1) is 29.6 Å². The predicted molar refractivity (Wildman–Crippen MR) is 151 cm³/mol. The van der Waals surface area contributed by atoms with Gasteiger partial charge in [0.1, 0.15) is 6.10 Å². The van der Waals surface area contributed by atoms with Crippen LogP contribution in [0.5, 0.6) is 0 Å². The molecule has 3 saturated carbocycles. The number of fused-ring (bicyclic) bond motifs is 1. The number of likely N-dealkylation sites (tertiary alicyclic amines) is 1. The molecule has 0 radical (unpaired) electrons. The van der Waals surface area contributed by atoms with Gasteiger partial charge in [-0.15, -0.1) is 0 Å². The molecule has 6 atom stereocenters. The Morgan fingerprint density at radius 3 is 2.75 bits per heavy atom. The van der Waals surface area contributed by atoms with E-state index >= 15 is 0 Å². The Hall–Kier alpha value is -0.830. The first-order valence-corrected chi connectivity index (χ1v) is 15.2. The lowest BCUT2D eigenvalue weighted by molar-refractivity contribution is -0.163. The van der Waals surface area contributed by atoms with Crippen LogP contribution < -0.4 is 5.64 Å². The van der Waals surface area contributed by atoms with E-state index in [1.54, 1.807) is 11.1 Å². The summed E-state index contributed by atoms with van der Waals surface area (Å²) in [5.74, 6) is 3.00. The number of hydrogen-bond donors (Lipinski definition) is 2. The lowest BCUT2D eigenvalue weighted by Gasteiger charge is -2.55. The van der Waals surface area contributed by atoms with Crippen molar-refractivity contribution in [2.75, 3.05) is 19.6 Å². The third kappa shape index (κ3) is 5.08. The molecule has 4 bridgehead atoms. The summed E-state index contributed by atoms with van der Waals surface area (Å²) in [6.45, 7) is 5.09. The quantitative estimate of drug-likeness (QED) is 0.237. The summed E-state index contributed by atoms with van der Waals surface area (Å²) in [6.07, 6.45) is 19.7. The summed E-state index contributed by atoms with van der Waals surface area (Å²) < 4.78 is 2.33. The molecule has 0 aromatic rings. The number of hydrogen-bond acceptors (Lipinski definition) is 5. The van der Waals surface area contributed by atoms with Crippen LogP contribution in [0.1, 0.15) is 51.9 Å². The highest BCUT2D eigenvalue weighted by atomic mass is 79.9. The first-order valence-electron chi connectivity index (χ1n) is 13.6. The number of nitrogens with one attached hydrogen (secondary N) is 1. The van der Waals surface area contributed by atoms with Crippen LogP contribution >= 0.6 is 31.9 Å². The number of rotatable bonds is 8. The van der Waals surface area contributed by atoms with Gasteiger partial charge in [0.05, 0.1) is 6.54 Å². The zero-order valence-corrected chi connectivity index (χ0v) is 24.2. The zero-order valence-electron chi connectivity index (χ0n) is 21.0. The maximum Gasteiger partial charge on any atom is 0.114 e. The Balaban J connectivity index is 1.15. The zero-order chi connectivity index (χ0) is 24.8. The molecular weight excluding hydrogens is 582 g/mol. The van der Waals surface area contributed by atoms with Crippen LogP contribution in [0.2, 0.25) is 0 Å². The Labute approximate surface area is 231 Å². The van der Waals surface area contributed by atoms with Crippen LogP contribution in [-0.4, -0.2) is 48.1 Å². The molecule has 1 saturated heterocycles. The second kappa shape index (κ2) is 10.7. The summed E-state index contributed by atoms with van der Waals surface area (Å²) in [4.78, 5) is 13.4. The third-order valence-electron chi connectivity index (χ3n) is 9.27. The minimum atomic E-state index is -0.154. The highest BCUT2D eigenvalue weighted by Crippen LogP contribution is 2.61. The SMILES string of the molecule is CC1=CC(CN2CCCC2CN=CC2C=C(Br)C=C(Br)C2)C(ONO)C(C2=C3C4CC(C2)CC3C4)=C1. The van der Waals surface area contributed by atoms with Gasteiger partial charge in [0.2, 0.25) is 0 Å². The van der Waals surface area contributed by atoms with Crippen molar-refractivity contribution in [3.05, 3.63) is 55.6 Å². The molecule has 2 N–H and O–H groups in total. The van der Waals surface area contributed by atoms with Crippen molar-refractivity contribution in [3.63, 3.8) is 0 Å². The molecule has 1 heterocycles. The second-order valence-electron chi connectivity index (χ2n) is 11.7. The highest BCUT2D eigenvalue weighted by Gasteiger charge is 2.49. The topological polar surface area (TPSA) is 57.1 Å². The molecule has 194 valence electrons. The molecule has 0 spiro atoms. The van der Waals surface area contributed by atoms with Gasteiger partial charge >= 0.3 is 0 Å². The molecule has 0 amide bonds. The van der Waals surface area contributed by atoms with E-state index < -0.39 is 0 Å². The molecule has 1 aliphatic heterocycles. The smallest absolute Gasteiger partial charge is 0.114 e. The van der Waals surface area contributed by atoms with E-state index in [4.69, 9.17) is 9.83 Å². The van der Waals surface area contributed by atoms with E-state index in [0.29, 0.717) is 12.0 Å². The van der Waals surface area contributed by atoms with E-state index in [1.165, 1.54) is 54.2 Å². The molecule has 36 heavy (non-hydrogen) atoms. The van der Waals surface area contributed by atoms with E-state index in [2.05, 4.69) is 79.8 Å². The van der Waals surface area contributed by atoms with Crippen LogP contribution in [0.25, 0.3) is 0 Å². The van der Waals surface area contributed by atoms with Crippen molar-refractivity contribution in [2.24, 2.45) is 34.6 Å². The molecule has 4 fully saturated rings. The standard InChI is InChI=1S/C29H37Br2N3O2/c1-17-5-22(16-34-4-2-3-25(34)15-32-14-19-9-23(30)13-24(31)10-19)29(36-33-35)27(6-17)26-11-18-7-20-12-21(8-18)28(20)26/h5-6,9,13-14,18-22,25,29,33,35H,2-4,7-8,10-12,15-16H2,1H3. The monoisotopic (exact) mass is 617 g/mol. The summed E-state index contributed by atoms with van der Waals surface area (Å²) >= 11 is 7.24. The van der Waals surface area contributed by atoms with Crippen molar-refractivity contribution < 1.29 is 10.0 Å². The fourth-order valence-corrected chi connectivity index (χ4v) is 9.43. The van der Waals surface area contributed by atoms with Gasteiger partial charge < -0.3 is 0 Å². The van der Waals surface area contributed by atoms with Crippen molar-refractivity contribution >= 4 is 38.1 Å². The normalized spacial score (nSPS) is 38.2. The lowest BCUT2D eigenvalue weighted by atomic mass is 9.50. The molecule has 8 rings (SSSR count). The summed E-state index contributed by atoms with van der Waals surface area (Å²) in [6, 6.07) is 0.461. The Bertz CT molecular complexity index is 1060. The second-order valence-corrected chi connectivity index (χ2v) is 13.7. The first-order chi connectivity index (χ1) is 17.5. The Kier molecular flexibility index (Phi) is 7.59. The van der Waals surface area contributed by atoms with Gasteiger partial charge in [0, 0.05) is 35.1 Å². The maximum absolute atomic E-state index is 9.62. The van der Waals surface area contributed by atoms with Gasteiger partial charge in [-0.1, -0.05) is 66.9 Å². The van der Waals surface area contributed by atoms with Gasteiger partial charge in [-0.05, 0) is 97.9 Å². The Morgan fingerprint density at radius 1 is 1.17 bits per heavy atom. The van der Waals surface area contributed by atoms with E-state index in [-0.39, 0.29) is 12.0 Å². The molecule has 7 heteroatoms. The minimum Gasteiger partial charge on any atom is -0.298 e. The van der Waals surface area contributed by atoms with Crippen molar-refractivity contribution in [3.8, 4) is 0 Å². The average Bonchev–Trinajstić information content (AvgIpc) is 3.26. The van der Waals surface area contributed by atoms with Crippen molar-refractivity contribution in [1.29, 1.82) is 0 Å². The van der Waals surface area contributed by atoms with Crippen molar-refractivity contribution in [2.45, 2.75) is 64.0 Å². The fraction of sp³-hybridized carbons (Fsp3) is 0.621. The number of allylic oxidation sites excluding steroid dienone is 7. The highest BCUT2D eigenvalue weighted by molar-refractivity contribution is 9.12. The molecule has 7 aliphatic carbocycles. The van der Waals surface area contributed by atoms with Gasteiger partial charge in [0.15, 0.2) is 0 Å². The average molecular weight is 619 g/mol. The molecular formula is C29H37Br2N3O2. The lowest BCUT2D eigenvalue weighted by Crippen LogP contribution is -2.46. The maximum atomic E-state index is 9.62. The van der Waals surface area contributed by atoms with Crippen LogP contribution in [0.15, 0.2) is 60.6 Å². The number of aliphatic imine (C=N–C) groups is 1. The molecule has 5 nitrogen and oxygen atoms in total. The van der Waals surface area contributed by atoms with E-state index in [1.807, 2.05) is 0 Å². The van der Waals surface area contributed by atoms with Gasteiger partial charge in [-0.2, -0.15) is 0 Å². The number of halogens is 2. The van der Waals surface area contributed by atoms with Gasteiger partial charge in [0.25, 0.3) is 0 Å². The third-order valence-corrected chi connectivity index (χ3v) is 10.3. The van der Waals surface area contributed by atoms with E-state index in [9.17, 15) is 5.21 Å². The van der Waals surface area contributed by atoms with E-state index in [0.717, 1.165) is 48.3 Å². The van der Waals surface area contributed by atoms with Crippen molar-refractivity contribution in [1.82, 2.24) is 10.5 Å². The number of nitrogens with zero attached hydrogens (tertiary/aromatic N) is 2. The minimum absolute atomic E-state index is 0.154. The Morgan fingerprint density at radius 2 is 2.00 bits per heavy atom.